The Morgan fingerprint density at radius 1 is 0.688 bits per heavy atom. The Hall–Kier alpha value is -2.24. The molecule has 2 aliphatic heterocycles. The number of imide groups is 2. The van der Waals surface area contributed by atoms with E-state index in [1.165, 1.54) is 9.80 Å². The normalized spacial score (nSPS) is 45.2. The topological polar surface area (TPSA) is 74.8 Å². The van der Waals surface area contributed by atoms with Crippen LogP contribution in [0.15, 0.2) is 24.3 Å². The van der Waals surface area contributed by atoms with Crippen LogP contribution in [0.2, 0.25) is 0 Å². The molecule has 4 bridgehead atoms. The summed E-state index contributed by atoms with van der Waals surface area (Å²) in [6.45, 7) is 4.93. The first kappa shape index (κ1) is 20.4. The van der Waals surface area contributed by atoms with Crippen LogP contribution in [0.25, 0.3) is 0 Å². The summed E-state index contributed by atoms with van der Waals surface area (Å²) in [5, 5.41) is 0. The smallest absolute Gasteiger partial charge is 0.236 e. The molecule has 0 unspecified atom stereocenters. The molecule has 32 heavy (non-hydrogen) atoms. The fourth-order valence-electron chi connectivity index (χ4n) is 8.09. The SMILES string of the molecule is C[C@@]12C(=O)N(CCCCCCN3C(=O)[C@H]4[C@H]5C=C[C@@H](C5)[C@@]4(C)C3=O)C(=O)[C@@H]1[C@@H]1C=C[C@@H]2C1. The molecule has 6 heteroatoms. The van der Waals surface area contributed by atoms with Gasteiger partial charge in [-0.15, -0.1) is 0 Å². The van der Waals surface area contributed by atoms with E-state index in [2.05, 4.69) is 24.3 Å². The van der Waals surface area contributed by atoms with Crippen molar-refractivity contribution in [1.29, 1.82) is 0 Å². The summed E-state index contributed by atoms with van der Waals surface area (Å²) in [5.41, 5.74) is -1.06. The van der Waals surface area contributed by atoms with E-state index >= 15 is 0 Å². The standard InChI is InChI=1S/C26H32N2O4/c1-25-17-9-7-15(13-17)19(25)21(29)27(23(25)31)11-5-3-4-6-12-28-22(30)20-16-8-10-18(14-16)26(20,2)24(28)32/h7-10,15-20H,3-6,11-14H2,1-2H3/t15-,16+,17-,18+,19+,20-,25+,26-. The molecular weight excluding hydrogens is 404 g/mol. The molecule has 2 heterocycles. The van der Waals surface area contributed by atoms with Gasteiger partial charge in [0.05, 0.1) is 22.7 Å². The first-order chi connectivity index (χ1) is 15.3. The highest BCUT2D eigenvalue weighted by Crippen LogP contribution is 2.61. The Bertz CT molecular complexity index is 906. The highest BCUT2D eigenvalue weighted by Gasteiger charge is 2.68. The minimum absolute atomic E-state index is 0.0145. The second-order valence-electron chi connectivity index (χ2n) is 11.3. The predicted octanol–water partition coefficient (Wildman–Crippen LogP) is 2.94. The number of fused-ring (bicyclic) bond motifs is 10. The highest BCUT2D eigenvalue weighted by molar-refractivity contribution is 6.09. The summed E-state index contributed by atoms with van der Waals surface area (Å²) in [4.78, 5) is 55.0. The third-order valence-electron chi connectivity index (χ3n) is 9.91. The molecule has 0 aromatic rings. The molecule has 8 atom stereocenters. The number of carbonyl (C=O) groups is 4. The molecule has 170 valence electrons. The molecule has 6 rings (SSSR count). The number of allylic oxidation sites excluding steroid dienone is 4. The van der Waals surface area contributed by atoms with Gasteiger partial charge < -0.3 is 0 Å². The van der Waals surface area contributed by atoms with E-state index < -0.39 is 10.8 Å². The second-order valence-corrected chi connectivity index (χ2v) is 11.3. The van der Waals surface area contributed by atoms with Crippen molar-refractivity contribution in [3.05, 3.63) is 24.3 Å². The van der Waals surface area contributed by atoms with Gasteiger partial charge in [-0.1, -0.05) is 37.1 Å². The van der Waals surface area contributed by atoms with Crippen molar-refractivity contribution in [3.63, 3.8) is 0 Å². The average molecular weight is 437 g/mol. The fraction of sp³-hybridized carbons (Fsp3) is 0.692. The summed E-state index contributed by atoms with van der Waals surface area (Å²) in [6, 6.07) is 0. The third-order valence-corrected chi connectivity index (χ3v) is 9.91. The number of hydrogen-bond donors (Lipinski definition) is 0. The molecule has 0 aromatic carbocycles. The van der Waals surface area contributed by atoms with Gasteiger partial charge in [-0.05, 0) is 63.2 Å². The van der Waals surface area contributed by atoms with E-state index in [1.54, 1.807) is 0 Å². The Balaban J connectivity index is 0.985. The maximum absolute atomic E-state index is 13.0. The number of hydrogen-bond acceptors (Lipinski definition) is 4. The van der Waals surface area contributed by atoms with Crippen molar-refractivity contribution in [2.75, 3.05) is 13.1 Å². The first-order valence-electron chi connectivity index (χ1n) is 12.4. The molecule has 0 aromatic heterocycles. The molecular formula is C26H32N2O4. The molecule has 2 saturated carbocycles. The zero-order valence-corrected chi connectivity index (χ0v) is 19.0. The lowest BCUT2D eigenvalue weighted by Crippen LogP contribution is -2.38. The van der Waals surface area contributed by atoms with Crippen LogP contribution in [0, 0.1) is 46.3 Å². The van der Waals surface area contributed by atoms with Gasteiger partial charge in [0.1, 0.15) is 0 Å². The van der Waals surface area contributed by atoms with Crippen molar-refractivity contribution < 1.29 is 19.2 Å². The Morgan fingerprint density at radius 3 is 1.47 bits per heavy atom. The monoisotopic (exact) mass is 436 g/mol. The molecule has 4 fully saturated rings. The predicted molar refractivity (Wildman–Crippen MR) is 117 cm³/mol. The summed E-state index contributed by atoms with van der Waals surface area (Å²) < 4.78 is 0. The number of carbonyl (C=O) groups excluding carboxylic acids is 4. The maximum atomic E-state index is 13.0. The molecule has 0 spiro atoms. The van der Waals surface area contributed by atoms with Crippen molar-refractivity contribution in [1.82, 2.24) is 9.80 Å². The lowest BCUT2D eigenvalue weighted by atomic mass is 9.71. The Kier molecular flexibility index (Phi) is 4.23. The minimum Gasteiger partial charge on any atom is -0.282 e. The van der Waals surface area contributed by atoms with Crippen molar-refractivity contribution in [2.45, 2.75) is 52.4 Å². The van der Waals surface area contributed by atoms with Crippen LogP contribution in [0.5, 0.6) is 0 Å². The van der Waals surface area contributed by atoms with Gasteiger partial charge in [0.2, 0.25) is 23.6 Å². The van der Waals surface area contributed by atoms with E-state index in [-0.39, 0.29) is 59.1 Å². The lowest BCUT2D eigenvalue weighted by Gasteiger charge is -2.28. The van der Waals surface area contributed by atoms with Gasteiger partial charge in [-0.25, -0.2) is 0 Å². The van der Waals surface area contributed by atoms with Crippen LogP contribution in [0.4, 0.5) is 0 Å². The van der Waals surface area contributed by atoms with Gasteiger partial charge >= 0.3 is 0 Å². The zero-order valence-electron chi connectivity index (χ0n) is 19.0. The molecule has 4 aliphatic carbocycles. The van der Waals surface area contributed by atoms with Gasteiger partial charge in [0.15, 0.2) is 0 Å². The number of amides is 4. The average Bonchev–Trinajstić information content (AvgIpc) is 3.57. The summed E-state index contributed by atoms with van der Waals surface area (Å²) >= 11 is 0. The molecule has 6 nitrogen and oxygen atoms in total. The third kappa shape index (κ3) is 2.31. The second kappa shape index (κ2) is 6.64. The van der Waals surface area contributed by atoms with Crippen LogP contribution in [-0.2, 0) is 19.2 Å². The number of rotatable bonds is 7. The summed E-state index contributed by atoms with van der Waals surface area (Å²) in [6.07, 6.45) is 13.7. The quantitative estimate of drug-likeness (QED) is 0.349. The van der Waals surface area contributed by atoms with Crippen molar-refractivity contribution in [2.24, 2.45) is 46.3 Å². The van der Waals surface area contributed by atoms with Gasteiger partial charge in [0, 0.05) is 13.1 Å². The van der Waals surface area contributed by atoms with Crippen LogP contribution in [0.3, 0.4) is 0 Å². The molecule has 0 N–H and O–H groups in total. The van der Waals surface area contributed by atoms with E-state index in [4.69, 9.17) is 0 Å². The van der Waals surface area contributed by atoms with Crippen molar-refractivity contribution >= 4 is 23.6 Å². The van der Waals surface area contributed by atoms with Crippen LogP contribution < -0.4 is 0 Å². The number of likely N-dealkylation sites (tertiary alicyclic amines) is 2. The van der Waals surface area contributed by atoms with E-state index in [0.717, 1.165) is 38.5 Å². The van der Waals surface area contributed by atoms with E-state index in [1.807, 2.05) is 13.8 Å². The highest BCUT2D eigenvalue weighted by atomic mass is 16.2. The molecule has 0 radical (unpaired) electrons. The van der Waals surface area contributed by atoms with Crippen LogP contribution in [-0.4, -0.2) is 46.5 Å². The molecule has 4 amide bonds. The number of nitrogens with zero attached hydrogens (tertiary/aromatic N) is 2. The van der Waals surface area contributed by atoms with E-state index in [0.29, 0.717) is 13.1 Å². The zero-order chi connectivity index (χ0) is 22.4. The summed E-state index contributed by atoms with van der Waals surface area (Å²) in [7, 11) is 0. The van der Waals surface area contributed by atoms with Crippen molar-refractivity contribution in [3.8, 4) is 0 Å². The number of unbranched alkanes of at least 4 members (excludes halogenated alkanes) is 3. The lowest BCUT2D eigenvalue weighted by molar-refractivity contribution is -0.143. The van der Waals surface area contributed by atoms with Gasteiger partial charge in [-0.2, -0.15) is 0 Å². The molecule has 2 saturated heterocycles. The van der Waals surface area contributed by atoms with Gasteiger partial charge in [-0.3, -0.25) is 29.0 Å². The van der Waals surface area contributed by atoms with Crippen LogP contribution >= 0.6 is 0 Å². The summed E-state index contributed by atoms with van der Waals surface area (Å²) in [5.74, 6) is 0.619. The van der Waals surface area contributed by atoms with Crippen LogP contribution in [0.1, 0.15) is 52.4 Å². The Labute approximate surface area is 189 Å². The fourth-order valence-corrected chi connectivity index (χ4v) is 8.09. The Morgan fingerprint density at radius 2 is 1.09 bits per heavy atom. The minimum atomic E-state index is -0.532. The largest absolute Gasteiger partial charge is 0.282 e. The first-order valence-corrected chi connectivity index (χ1v) is 12.4. The van der Waals surface area contributed by atoms with Gasteiger partial charge in [0.25, 0.3) is 0 Å². The van der Waals surface area contributed by atoms with E-state index in [9.17, 15) is 19.2 Å². The maximum Gasteiger partial charge on any atom is 0.236 e. The molecule has 6 aliphatic rings.